The van der Waals surface area contributed by atoms with Crippen LogP contribution in [-0.4, -0.2) is 33.0 Å². The predicted octanol–water partition coefficient (Wildman–Crippen LogP) is 3.82. The molecule has 0 aliphatic rings. The third-order valence-electron chi connectivity index (χ3n) is 4.24. The Morgan fingerprint density at radius 3 is 2.63 bits per heavy atom. The molecule has 1 N–H and O–H groups in total. The van der Waals surface area contributed by atoms with Gasteiger partial charge in [0.1, 0.15) is 5.82 Å². The lowest BCUT2D eigenvalue weighted by atomic mass is 9.99. The maximum absolute atomic E-state index is 11.4. The van der Waals surface area contributed by atoms with E-state index in [1.165, 1.54) is 0 Å². The summed E-state index contributed by atoms with van der Waals surface area (Å²) in [5.74, 6) is -0.0942. The zero-order chi connectivity index (χ0) is 19.2. The summed E-state index contributed by atoms with van der Waals surface area (Å²) in [6.45, 7) is 4.30. The maximum atomic E-state index is 11.4. The van der Waals surface area contributed by atoms with Crippen LogP contribution in [0.3, 0.4) is 0 Å². The van der Waals surface area contributed by atoms with Gasteiger partial charge in [0.05, 0.1) is 19.2 Å². The largest absolute Gasteiger partial charge is 0.478 e. The van der Waals surface area contributed by atoms with Gasteiger partial charge in [-0.15, -0.1) is 11.7 Å². The molecule has 138 valence electrons. The molecule has 2 aromatic carbocycles. The Morgan fingerprint density at radius 2 is 1.96 bits per heavy atom. The van der Waals surface area contributed by atoms with Crippen molar-refractivity contribution in [2.45, 2.75) is 19.4 Å². The lowest BCUT2D eigenvalue weighted by Gasteiger charge is -2.09. The molecule has 6 heteroatoms. The monoisotopic (exact) mass is 363 g/mol. The molecule has 1 heterocycles. The van der Waals surface area contributed by atoms with Crippen molar-refractivity contribution >= 4 is 5.97 Å². The minimum absolute atomic E-state index is 0.290. The predicted molar refractivity (Wildman–Crippen MR) is 103 cm³/mol. The maximum Gasteiger partial charge on any atom is 0.336 e. The average Bonchev–Trinajstić information content (AvgIpc) is 3.08. The smallest absolute Gasteiger partial charge is 0.336 e. The summed E-state index contributed by atoms with van der Waals surface area (Å²) < 4.78 is 6.96. The van der Waals surface area contributed by atoms with E-state index in [0.717, 1.165) is 29.8 Å². The average molecular weight is 363 g/mol. The first kappa shape index (κ1) is 18.4. The van der Waals surface area contributed by atoms with Gasteiger partial charge in [-0.1, -0.05) is 48.5 Å². The molecule has 0 unspecified atom stereocenters. The topological polar surface area (TPSA) is 77.2 Å². The number of allylic oxidation sites excluding steroid dienone is 1. The van der Waals surface area contributed by atoms with E-state index in [0.29, 0.717) is 18.1 Å². The summed E-state index contributed by atoms with van der Waals surface area (Å²) in [6.07, 6.45) is 3.40. The summed E-state index contributed by atoms with van der Waals surface area (Å²) in [6, 6.07) is 15.1. The summed E-state index contributed by atoms with van der Waals surface area (Å²) in [5, 5.41) is 13.7. The molecule has 0 radical (unpaired) electrons. The first-order valence-electron chi connectivity index (χ1n) is 8.62. The van der Waals surface area contributed by atoms with Crippen LogP contribution in [-0.2, 0) is 13.0 Å². The Labute approximate surface area is 157 Å². The highest BCUT2D eigenvalue weighted by Crippen LogP contribution is 2.24. The van der Waals surface area contributed by atoms with Crippen LogP contribution in [0, 0.1) is 0 Å². The van der Waals surface area contributed by atoms with Crippen molar-refractivity contribution < 1.29 is 14.6 Å². The van der Waals surface area contributed by atoms with Crippen LogP contribution in [0.2, 0.25) is 0 Å². The number of nitrogens with zero attached hydrogens (tertiary/aromatic N) is 3. The highest BCUT2D eigenvalue weighted by molar-refractivity contribution is 5.95. The Hall–Kier alpha value is -3.41. The number of benzene rings is 2. The van der Waals surface area contributed by atoms with Gasteiger partial charge in [-0.25, -0.2) is 9.48 Å². The first-order valence-corrected chi connectivity index (χ1v) is 8.62. The second kappa shape index (κ2) is 8.31. The lowest BCUT2D eigenvalue weighted by Crippen LogP contribution is -2.07. The van der Waals surface area contributed by atoms with Gasteiger partial charge < -0.3 is 9.84 Å². The van der Waals surface area contributed by atoms with Crippen molar-refractivity contribution in [1.82, 2.24) is 14.8 Å². The molecule has 1 aromatic heterocycles. The third-order valence-corrected chi connectivity index (χ3v) is 4.24. The Kier molecular flexibility index (Phi) is 5.66. The van der Waals surface area contributed by atoms with Gasteiger partial charge in [0.15, 0.2) is 0 Å². The third kappa shape index (κ3) is 4.23. The molecule has 0 spiro atoms. The number of rotatable bonds is 8. The molecule has 0 saturated carbocycles. The van der Waals surface area contributed by atoms with Crippen LogP contribution >= 0.6 is 0 Å². The highest BCUT2D eigenvalue weighted by atomic mass is 16.5. The lowest BCUT2D eigenvalue weighted by molar-refractivity contribution is 0.0697. The van der Waals surface area contributed by atoms with Crippen molar-refractivity contribution in [3.8, 4) is 17.1 Å². The van der Waals surface area contributed by atoms with Crippen molar-refractivity contribution in [3.63, 3.8) is 0 Å². The van der Waals surface area contributed by atoms with Gasteiger partial charge in [-0.3, -0.25) is 0 Å². The number of carbonyl (C=O) groups is 1. The van der Waals surface area contributed by atoms with Crippen molar-refractivity contribution in [3.05, 3.63) is 78.1 Å². The van der Waals surface area contributed by atoms with E-state index in [9.17, 15) is 9.90 Å². The second-order valence-electron chi connectivity index (χ2n) is 6.05. The van der Waals surface area contributed by atoms with E-state index < -0.39 is 5.97 Å². The van der Waals surface area contributed by atoms with E-state index >= 15 is 0 Å². The molecule has 0 saturated heterocycles. The Morgan fingerprint density at radius 1 is 1.22 bits per heavy atom. The minimum Gasteiger partial charge on any atom is -0.478 e. The van der Waals surface area contributed by atoms with Crippen molar-refractivity contribution in [2.75, 3.05) is 7.11 Å². The Bertz CT molecular complexity index is 946. The number of carboxylic acids is 1. The number of ether oxygens (including phenoxy) is 1. The molecule has 3 aromatic rings. The molecule has 3 rings (SSSR count). The van der Waals surface area contributed by atoms with Gasteiger partial charge >= 0.3 is 12.0 Å². The minimum atomic E-state index is -0.934. The molecule has 0 aliphatic heterocycles. The van der Waals surface area contributed by atoms with E-state index in [4.69, 9.17) is 4.74 Å². The number of hydrogen-bond acceptors (Lipinski definition) is 4. The standard InChI is InChI=1S/C21H21N3O3/c1-3-4-9-19-22-21(27-2)23-24(19)14-15-10-12-16(13-11-15)17-7-5-6-8-18(17)20(25)26/h3,5-8,10-13H,1,4,9,14H2,2H3,(H,25,26). The fraction of sp³-hybridized carbons (Fsp3) is 0.190. The zero-order valence-corrected chi connectivity index (χ0v) is 15.1. The molecule has 0 atom stereocenters. The Balaban J connectivity index is 1.84. The quantitative estimate of drug-likeness (QED) is 0.616. The van der Waals surface area contributed by atoms with Crippen LogP contribution in [0.15, 0.2) is 61.2 Å². The van der Waals surface area contributed by atoms with Crippen LogP contribution in [0.1, 0.15) is 28.2 Å². The van der Waals surface area contributed by atoms with E-state index in [2.05, 4.69) is 16.7 Å². The molecule has 0 fully saturated rings. The van der Waals surface area contributed by atoms with Crippen molar-refractivity contribution in [2.24, 2.45) is 0 Å². The zero-order valence-electron chi connectivity index (χ0n) is 15.1. The van der Waals surface area contributed by atoms with Gasteiger partial charge in [-0.2, -0.15) is 4.98 Å². The van der Waals surface area contributed by atoms with Crippen LogP contribution in [0.4, 0.5) is 0 Å². The fourth-order valence-corrected chi connectivity index (χ4v) is 2.86. The summed E-state index contributed by atoms with van der Waals surface area (Å²) in [4.78, 5) is 15.8. The normalized spacial score (nSPS) is 10.6. The van der Waals surface area contributed by atoms with Gasteiger partial charge in [-0.05, 0) is 29.2 Å². The number of aromatic nitrogens is 3. The van der Waals surface area contributed by atoms with Gasteiger partial charge in [0, 0.05) is 6.42 Å². The summed E-state index contributed by atoms with van der Waals surface area (Å²) in [5.41, 5.74) is 2.89. The first-order chi connectivity index (χ1) is 13.1. The van der Waals surface area contributed by atoms with E-state index in [1.807, 2.05) is 47.2 Å². The number of aromatic carboxylic acids is 1. The molecule has 6 nitrogen and oxygen atoms in total. The molecule has 0 aliphatic carbocycles. The highest BCUT2D eigenvalue weighted by Gasteiger charge is 2.12. The van der Waals surface area contributed by atoms with Gasteiger partial charge in [0.25, 0.3) is 0 Å². The second-order valence-corrected chi connectivity index (χ2v) is 6.05. The molecule has 27 heavy (non-hydrogen) atoms. The van der Waals surface area contributed by atoms with Crippen molar-refractivity contribution in [1.29, 1.82) is 0 Å². The molecule has 0 bridgehead atoms. The molecular formula is C21H21N3O3. The number of carboxylic acid groups (broad SMARTS) is 1. The van der Waals surface area contributed by atoms with Crippen LogP contribution in [0.5, 0.6) is 6.01 Å². The van der Waals surface area contributed by atoms with Crippen LogP contribution < -0.4 is 4.74 Å². The van der Waals surface area contributed by atoms with Gasteiger partial charge in [0.2, 0.25) is 0 Å². The van der Waals surface area contributed by atoms with E-state index in [1.54, 1.807) is 19.2 Å². The van der Waals surface area contributed by atoms with Crippen LogP contribution in [0.25, 0.3) is 11.1 Å². The molecule has 0 amide bonds. The number of hydrogen-bond donors (Lipinski definition) is 1. The van der Waals surface area contributed by atoms with E-state index in [-0.39, 0.29) is 5.56 Å². The summed E-state index contributed by atoms with van der Waals surface area (Å²) in [7, 11) is 1.55. The molecular weight excluding hydrogens is 342 g/mol. The SMILES string of the molecule is C=CCCc1nc(OC)nn1Cc1ccc(-c2ccccc2C(=O)O)cc1. The summed E-state index contributed by atoms with van der Waals surface area (Å²) >= 11 is 0. The number of aryl methyl sites for hydroxylation is 1. The number of methoxy groups -OCH3 is 1. The fourth-order valence-electron chi connectivity index (χ4n) is 2.86.